The van der Waals surface area contributed by atoms with Crippen LogP contribution in [0.1, 0.15) is 15.9 Å². The van der Waals surface area contributed by atoms with E-state index in [-0.39, 0.29) is 10.6 Å². The average Bonchev–Trinajstić information content (AvgIpc) is 2.46. The van der Waals surface area contributed by atoms with Crippen LogP contribution in [0, 0.1) is 0 Å². The third-order valence-electron chi connectivity index (χ3n) is 2.71. The van der Waals surface area contributed by atoms with E-state index in [1.54, 1.807) is 7.11 Å². The molecule has 0 atom stereocenters. The van der Waals surface area contributed by atoms with E-state index in [2.05, 4.69) is 10.3 Å². The highest BCUT2D eigenvalue weighted by Crippen LogP contribution is 2.21. The molecule has 0 radical (unpaired) electrons. The topological polar surface area (TPSA) is 71.5 Å². The van der Waals surface area contributed by atoms with Crippen LogP contribution in [0.25, 0.3) is 0 Å². The van der Waals surface area contributed by atoms with Crippen molar-refractivity contribution in [3.05, 3.63) is 52.7 Å². The zero-order chi connectivity index (χ0) is 14.5. The molecule has 2 aromatic rings. The predicted octanol–water partition coefficient (Wildman–Crippen LogP) is 3.05. The number of methoxy groups -OCH3 is 1. The van der Waals surface area contributed by atoms with Crippen LogP contribution in [0.4, 0.5) is 5.82 Å². The number of nitrogens with zero attached hydrogens (tertiary/aromatic N) is 1. The highest BCUT2D eigenvalue weighted by Gasteiger charge is 2.08. The quantitative estimate of drug-likeness (QED) is 0.886. The number of halogens is 1. The lowest BCUT2D eigenvalue weighted by molar-refractivity contribution is 0.0696. The van der Waals surface area contributed by atoms with Crippen LogP contribution in [-0.4, -0.2) is 23.2 Å². The molecule has 1 aromatic heterocycles. The molecule has 0 amide bonds. The average molecular weight is 293 g/mol. The van der Waals surface area contributed by atoms with Gasteiger partial charge in [-0.25, -0.2) is 9.78 Å². The van der Waals surface area contributed by atoms with E-state index >= 15 is 0 Å². The molecule has 0 bridgehead atoms. The van der Waals surface area contributed by atoms with Crippen LogP contribution in [0.15, 0.2) is 36.5 Å². The highest BCUT2D eigenvalue weighted by atomic mass is 35.5. The lowest BCUT2D eigenvalue weighted by atomic mass is 10.2. The number of carbonyl (C=O) groups is 1. The van der Waals surface area contributed by atoms with Crippen molar-refractivity contribution in [3.8, 4) is 5.75 Å². The molecule has 104 valence electrons. The van der Waals surface area contributed by atoms with Gasteiger partial charge in [0.2, 0.25) is 0 Å². The van der Waals surface area contributed by atoms with Crippen LogP contribution >= 0.6 is 11.6 Å². The lowest BCUT2D eigenvalue weighted by Gasteiger charge is -2.08. The Labute approximate surface area is 121 Å². The van der Waals surface area contributed by atoms with E-state index in [0.717, 1.165) is 11.3 Å². The zero-order valence-electron chi connectivity index (χ0n) is 10.8. The van der Waals surface area contributed by atoms with Crippen LogP contribution < -0.4 is 10.1 Å². The Bertz CT molecular complexity index is 614. The number of ether oxygens (including phenoxy) is 1. The molecule has 0 unspecified atom stereocenters. The summed E-state index contributed by atoms with van der Waals surface area (Å²) in [5.41, 5.74) is 1.09. The van der Waals surface area contributed by atoms with Crippen LogP contribution in [0.5, 0.6) is 5.75 Å². The maximum Gasteiger partial charge on any atom is 0.337 e. The lowest BCUT2D eigenvalue weighted by Crippen LogP contribution is -2.04. The van der Waals surface area contributed by atoms with E-state index in [0.29, 0.717) is 12.4 Å². The van der Waals surface area contributed by atoms with Gasteiger partial charge in [0, 0.05) is 12.7 Å². The van der Waals surface area contributed by atoms with Gasteiger partial charge in [0.25, 0.3) is 0 Å². The van der Waals surface area contributed by atoms with Gasteiger partial charge in [-0.15, -0.1) is 0 Å². The smallest absolute Gasteiger partial charge is 0.337 e. The molecule has 0 spiro atoms. The summed E-state index contributed by atoms with van der Waals surface area (Å²) in [6, 6.07) is 8.93. The molecular formula is C14H13ClN2O3. The molecule has 0 saturated heterocycles. The van der Waals surface area contributed by atoms with Gasteiger partial charge in [-0.1, -0.05) is 23.7 Å². The SMILES string of the molecule is COc1ccc(CNc2ncc(C(=O)O)cc2Cl)cc1. The monoisotopic (exact) mass is 292 g/mol. The number of pyridine rings is 1. The van der Waals surface area contributed by atoms with E-state index < -0.39 is 5.97 Å². The minimum atomic E-state index is -1.05. The number of hydrogen-bond donors (Lipinski definition) is 2. The summed E-state index contributed by atoms with van der Waals surface area (Å²) in [5, 5.41) is 12.2. The second-order valence-electron chi connectivity index (χ2n) is 4.06. The first-order valence-corrected chi connectivity index (χ1v) is 6.23. The molecule has 2 rings (SSSR count). The fraction of sp³-hybridized carbons (Fsp3) is 0.143. The Morgan fingerprint density at radius 3 is 2.65 bits per heavy atom. The Kier molecular flexibility index (Phi) is 4.42. The van der Waals surface area contributed by atoms with Crippen molar-refractivity contribution in [2.45, 2.75) is 6.54 Å². The van der Waals surface area contributed by atoms with E-state index in [4.69, 9.17) is 21.4 Å². The van der Waals surface area contributed by atoms with Crippen molar-refractivity contribution in [1.82, 2.24) is 4.98 Å². The van der Waals surface area contributed by atoms with Gasteiger partial charge >= 0.3 is 5.97 Å². The summed E-state index contributed by atoms with van der Waals surface area (Å²) in [4.78, 5) is 14.8. The summed E-state index contributed by atoms with van der Waals surface area (Å²) >= 11 is 5.98. The summed E-state index contributed by atoms with van der Waals surface area (Å²) in [5.74, 6) is 0.185. The third kappa shape index (κ3) is 3.39. The number of aromatic nitrogens is 1. The largest absolute Gasteiger partial charge is 0.497 e. The molecule has 0 fully saturated rings. The maximum atomic E-state index is 10.8. The van der Waals surface area contributed by atoms with Crippen LogP contribution in [0.2, 0.25) is 5.02 Å². The van der Waals surface area contributed by atoms with Crippen LogP contribution in [-0.2, 0) is 6.54 Å². The van der Waals surface area contributed by atoms with E-state index in [1.165, 1.54) is 12.3 Å². The standard InChI is InChI=1S/C14H13ClN2O3/c1-20-11-4-2-9(3-5-11)7-16-13-12(15)6-10(8-17-13)14(18)19/h2-6,8H,7H2,1H3,(H,16,17)(H,18,19). The highest BCUT2D eigenvalue weighted by molar-refractivity contribution is 6.33. The molecule has 2 N–H and O–H groups in total. The Hall–Kier alpha value is -2.27. The fourth-order valence-corrected chi connectivity index (χ4v) is 1.85. The Morgan fingerprint density at radius 2 is 2.10 bits per heavy atom. The number of nitrogens with one attached hydrogen (secondary N) is 1. The second-order valence-corrected chi connectivity index (χ2v) is 4.47. The van der Waals surface area contributed by atoms with Crippen molar-refractivity contribution in [3.63, 3.8) is 0 Å². The number of benzene rings is 1. The second kappa shape index (κ2) is 6.25. The summed E-state index contributed by atoms with van der Waals surface area (Å²) < 4.78 is 5.08. The van der Waals surface area contributed by atoms with E-state index in [1.807, 2.05) is 24.3 Å². The van der Waals surface area contributed by atoms with Crippen molar-refractivity contribution in [2.24, 2.45) is 0 Å². The third-order valence-corrected chi connectivity index (χ3v) is 3.00. The first-order chi connectivity index (χ1) is 9.60. The molecule has 6 heteroatoms. The van der Waals surface area contributed by atoms with Gasteiger partial charge < -0.3 is 15.2 Å². The predicted molar refractivity (Wildman–Crippen MR) is 76.5 cm³/mol. The van der Waals surface area contributed by atoms with Crippen molar-refractivity contribution in [1.29, 1.82) is 0 Å². The number of hydrogen-bond acceptors (Lipinski definition) is 4. The fourth-order valence-electron chi connectivity index (χ4n) is 1.61. The van der Waals surface area contributed by atoms with Gasteiger partial charge in [0.15, 0.2) is 0 Å². The normalized spacial score (nSPS) is 10.1. The summed E-state index contributed by atoms with van der Waals surface area (Å²) in [6.45, 7) is 0.531. The maximum absolute atomic E-state index is 10.8. The van der Waals surface area contributed by atoms with Gasteiger partial charge in [-0.05, 0) is 23.8 Å². The van der Waals surface area contributed by atoms with Crippen molar-refractivity contribution >= 4 is 23.4 Å². The molecular weight excluding hydrogens is 280 g/mol. The molecule has 1 heterocycles. The molecule has 5 nitrogen and oxygen atoms in total. The molecule has 1 aromatic carbocycles. The zero-order valence-corrected chi connectivity index (χ0v) is 11.5. The molecule has 0 aliphatic heterocycles. The van der Waals surface area contributed by atoms with Gasteiger partial charge in [0.05, 0.1) is 17.7 Å². The number of carboxylic acid groups (broad SMARTS) is 1. The summed E-state index contributed by atoms with van der Waals surface area (Å²) in [7, 11) is 1.61. The number of anilines is 1. The van der Waals surface area contributed by atoms with E-state index in [9.17, 15) is 4.79 Å². The van der Waals surface area contributed by atoms with Crippen LogP contribution in [0.3, 0.4) is 0 Å². The minimum absolute atomic E-state index is 0.0602. The Morgan fingerprint density at radius 1 is 1.40 bits per heavy atom. The number of carboxylic acids is 1. The Balaban J connectivity index is 2.04. The van der Waals surface area contributed by atoms with Gasteiger partial charge in [-0.2, -0.15) is 0 Å². The molecule has 20 heavy (non-hydrogen) atoms. The number of aromatic carboxylic acids is 1. The first-order valence-electron chi connectivity index (χ1n) is 5.86. The molecule has 0 aliphatic rings. The first kappa shape index (κ1) is 14.1. The number of rotatable bonds is 5. The van der Waals surface area contributed by atoms with Crippen molar-refractivity contribution < 1.29 is 14.6 Å². The minimum Gasteiger partial charge on any atom is -0.497 e. The molecule has 0 aliphatic carbocycles. The van der Waals surface area contributed by atoms with Gasteiger partial charge in [-0.3, -0.25) is 0 Å². The van der Waals surface area contributed by atoms with Crippen molar-refractivity contribution in [2.75, 3.05) is 12.4 Å². The summed E-state index contributed by atoms with van der Waals surface area (Å²) in [6.07, 6.45) is 1.27. The van der Waals surface area contributed by atoms with Gasteiger partial charge in [0.1, 0.15) is 11.6 Å². The molecule has 0 saturated carbocycles.